The molecule has 0 fully saturated rings. The Morgan fingerprint density at radius 2 is 2.04 bits per heavy atom. The van der Waals surface area contributed by atoms with Gasteiger partial charge in [0.15, 0.2) is 0 Å². The zero-order valence-electron chi connectivity index (χ0n) is 14.6. The molecule has 6 heteroatoms. The molecular formula is C20H19ClN2O2S. The number of hydrogen-bond donors (Lipinski definition) is 1. The number of hydrogen-bond acceptors (Lipinski definition) is 4. The van der Waals surface area contributed by atoms with Gasteiger partial charge in [0.25, 0.3) is 0 Å². The number of aryl methyl sites for hydroxylation is 1. The van der Waals surface area contributed by atoms with Crippen LogP contribution in [0.5, 0.6) is 5.75 Å². The Labute approximate surface area is 161 Å². The van der Waals surface area contributed by atoms with E-state index in [0.717, 1.165) is 15.9 Å². The predicted octanol–water partition coefficient (Wildman–Crippen LogP) is 5.33. The summed E-state index contributed by atoms with van der Waals surface area (Å²) in [4.78, 5) is 16.8. The summed E-state index contributed by atoms with van der Waals surface area (Å²) in [6.45, 7) is 2.08. The molecule has 3 rings (SSSR count). The van der Waals surface area contributed by atoms with Crippen LogP contribution in [0.25, 0.3) is 10.9 Å². The fourth-order valence-electron chi connectivity index (χ4n) is 2.61. The van der Waals surface area contributed by atoms with Crippen LogP contribution < -0.4 is 10.1 Å². The van der Waals surface area contributed by atoms with Crippen LogP contribution in [0.2, 0.25) is 5.02 Å². The smallest absolute Gasteiger partial charge is 0.225 e. The minimum Gasteiger partial charge on any atom is -0.495 e. The monoisotopic (exact) mass is 386 g/mol. The molecule has 0 aliphatic carbocycles. The Morgan fingerprint density at radius 3 is 2.81 bits per heavy atom. The molecular weight excluding hydrogens is 368 g/mol. The van der Waals surface area contributed by atoms with E-state index in [-0.39, 0.29) is 5.91 Å². The number of ether oxygens (including phenoxy) is 1. The second-order valence-corrected chi connectivity index (χ2v) is 7.31. The van der Waals surface area contributed by atoms with Gasteiger partial charge in [-0.05, 0) is 42.8 Å². The van der Waals surface area contributed by atoms with Crippen LogP contribution in [0, 0.1) is 6.92 Å². The molecule has 1 heterocycles. The van der Waals surface area contributed by atoms with E-state index < -0.39 is 0 Å². The van der Waals surface area contributed by atoms with Crippen LogP contribution in [0.15, 0.2) is 53.6 Å². The van der Waals surface area contributed by atoms with Crippen molar-refractivity contribution in [2.24, 2.45) is 0 Å². The van der Waals surface area contributed by atoms with E-state index in [1.54, 1.807) is 37.1 Å². The molecule has 1 aromatic heterocycles. The highest BCUT2D eigenvalue weighted by molar-refractivity contribution is 7.99. The van der Waals surface area contributed by atoms with E-state index in [1.165, 1.54) is 5.56 Å². The summed E-state index contributed by atoms with van der Waals surface area (Å²) in [5.41, 5.74) is 2.83. The first-order valence-electron chi connectivity index (χ1n) is 8.19. The highest BCUT2D eigenvalue weighted by Crippen LogP contribution is 2.27. The third-order valence-corrected chi connectivity index (χ3v) is 5.12. The van der Waals surface area contributed by atoms with E-state index in [9.17, 15) is 4.79 Å². The summed E-state index contributed by atoms with van der Waals surface area (Å²) < 4.78 is 5.10. The molecule has 1 N–H and O–H groups in total. The van der Waals surface area contributed by atoms with E-state index >= 15 is 0 Å². The van der Waals surface area contributed by atoms with Gasteiger partial charge in [-0.1, -0.05) is 29.8 Å². The summed E-state index contributed by atoms with van der Waals surface area (Å²) >= 11 is 7.65. The van der Waals surface area contributed by atoms with E-state index in [4.69, 9.17) is 16.3 Å². The van der Waals surface area contributed by atoms with Gasteiger partial charge in [0, 0.05) is 23.2 Å². The third-order valence-electron chi connectivity index (χ3n) is 3.91. The quantitative estimate of drug-likeness (QED) is 0.582. The number of pyridine rings is 1. The molecule has 1 amide bonds. The average Bonchev–Trinajstić information content (AvgIpc) is 2.62. The number of anilines is 1. The zero-order chi connectivity index (χ0) is 18.5. The van der Waals surface area contributed by atoms with Gasteiger partial charge in [-0.3, -0.25) is 4.79 Å². The van der Waals surface area contributed by atoms with Gasteiger partial charge in [-0.15, -0.1) is 11.8 Å². The molecule has 0 saturated carbocycles. The lowest BCUT2D eigenvalue weighted by molar-refractivity contribution is -0.115. The Bertz CT molecular complexity index is 946. The summed E-state index contributed by atoms with van der Waals surface area (Å²) in [5, 5.41) is 5.41. The molecule has 0 unspecified atom stereocenters. The molecule has 0 aliphatic rings. The lowest BCUT2D eigenvalue weighted by Gasteiger charge is -2.08. The summed E-state index contributed by atoms with van der Waals surface area (Å²) in [6.07, 6.45) is 0.391. The second kappa shape index (κ2) is 8.43. The number of carbonyl (C=O) groups excluding carboxylic acids is 1. The number of para-hydroxylation sites is 1. The normalized spacial score (nSPS) is 10.7. The average molecular weight is 387 g/mol. The Kier molecular flexibility index (Phi) is 6.01. The van der Waals surface area contributed by atoms with Crippen molar-refractivity contribution in [2.45, 2.75) is 18.4 Å². The van der Waals surface area contributed by atoms with Crippen molar-refractivity contribution in [3.63, 3.8) is 0 Å². The van der Waals surface area contributed by atoms with Crippen LogP contribution in [0.1, 0.15) is 12.0 Å². The molecule has 0 spiro atoms. The number of fused-ring (bicyclic) bond motifs is 1. The van der Waals surface area contributed by atoms with Crippen molar-refractivity contribution in [3.8, 4) is 5.75 Å². The van der Waals surface area contributed by atoms with Crippen LogP contribution in [0.3, 0.4) is 0 Å². The summed E-state index contributed by atoms with van der Waals surface area (Å²) in [7, 11) is 1.55. The second-order valence-electron chi connectivity index (χ2n) is 5.79. The van der Waals surface area contributed by atoms with Crippen molar-refractivity contribution in [1.82, 2.24) is 4.98 Å². The maximum absolute atomic E-state index is 12.1. The van der Waals surface area contributed by atoms with Crippen LogP contribution in [-0.2, 0) is 4.79 Å². The number of halogens is 1. The molecule has 26 heavy (non-hydrogen) atoms. The number of benzene rings is 2. The number of nitrogens with zero attached hydrogens (tertiary/aromatic N) is 1. The van der Waals surface area contributed by atoms with Gasteiger partial charge in [0.05, 0.1) is 22.7 Å². The van der Waals surface area contributed by atoms with Gasteiger partial charge in [-0.2, -0.15) is 0 Å². The number of methoxy groups -OCH3 is 1. The first-order chi connectivity index (χ1) is 12.6. The fraction of sp³-hybridized carbons (Fsp3) is 0.200. The van der Waals surface area contributed by atoms with Crippen LogP contribution >= 0.6 is 23.4 Å². The number of aromatic nitrogens is 1. The summed E-state index contributed by atoms with van der Waals surface area (Å²) in [5.74, 6) is 1.18. The molecule has 0 bridgehead atoms. The third kappa shape index (κ3) is 4.48. The first-order valence-corrected chi connectivity index (χ1v) is 9.56. The number of carbonyl (C=O) groups is 1. The van der Waals surface area contributed by atoms with Crippen LogP contribution in [0.4, 0.5) is 5.69 Å². The summed E-state index contributed by atoms with van der Waals surface area (Å²) in [6, 6.07) is 15.3. The molecule has 4 nitrogen and oxygen atoms in total. The van der Waals surface area contributed by atoms with Crippen molar-refractivity contribution in [1.29, 1.82) is 0 Å². The van der Waals surface area contributed by atoms with Crippen molar-refractivity contribution in [2.75, 3.05) is 18.2 Å². The van der Waals surface area contributed by atoms with Crippen LogP contribution in [-0.4, -0.2) is 23.8 Å². The molecule has 134 valence electrons. The van der Waals surface area contributed by atoms with Gasteiger partial charge in [0.1, 0.15) is 5.75 Å². The van der Waals surface area contributed by atoms with Crippen molar-refractivity contribution >= 4 is 45.9 Å². The van der Waals surface area contributed by atoms with Gasteiger partial charge < -0.3 is 10.1 Å². The Morgan fingerprint density at radius 1 is 1.23 bits per heavy atom. The van der Waals surface area contributed by atoms with E-state index in [2.05, 4.69) is 29.4 Å². The van der Waals surface area contributed by atoms with Gasteiger partial charge in [-0.25, -0.2) is 4.98 Å². The SMILES string of the molecule is COc1ccc(NC(=O)CCSc2cc(C)c3ccccc3n2)cc1Cl. The minimum absolute atomic E-state index is 0.0590. The molecule has 0 radical (unpaired) electrons. The lowest BCUT2D eigenvalue weighted by atomic mass is 10.1. The lowest BCUT2D eigenvalue weighted by Crippen LogP contribution is -2.12. The number of thioether (sulfide) groups is 1. The Balaban J connectivity index is 1.56. The largest absolute Gasteiger partial charge is 0.495 e. The first kappa shape index (κ1) is 18.5. The van der Waals surface area contributed by atoms with Gasteiger partial charge in [0.2, 0.25) is 5.91 Å². The van der Waals surface area contributed by atoms with E-state index in [0.29, 0.717) is 28.6 Å². The number of nitrogens with one attached hydrogen (secondary N) is 1. The molecule has 3 aromatic rings. The fourth-order valence-corrected chi connectivity index (χ4v) is 3.79. The number of amides is 1. The zero-order valence-corrected chi connectivity index (χ0v) is 16.2. The maximum Gasteiger partial charge on any atom is 0.225 e. The van der Waals surface area contributed by atoms with Crippen molar-refractivity contribution in [3.05, 3.63) is 59.1 Å². The van der Waals surface area contributed by atoms with Gasteiger partial charge >= 0.3 is 0 Å². The topological polar surface area (TPSA) is 51.2 Å². The van der Waals surface area contributed by atoms with E-state index in [1.807, 2.05) is 18.2 Å². The predicted molar refractivity (Wildman–Crippen MR) is 108 cm³/mol. The maximum atomic E-state index is 12.1. The Hall–Kier alpha value is -2.24. The highest BCUT2D eigenvalue weighted by atomic mass is 35.5. The number of rotatable bonds is 6. The molecule has 0 aliphatic heterocycles. The highest BCUT2D eigenvalue weighted by Gasteiger charge is 2.08. The molecule has 2 aromatic carbocycles. The standard InChI is InChI=1S/C20H19ClN2O2S/c1-13-11-20(23-17-6-4-3-5-15(13)17)26-10-9-19(24)22-14-7-8-18(25-2)16(21)12-14/h3-8,11-12H,9-10H2,1-2H3,(H,22,24). The molecule has 0 saturated heterocycles. The molecule has 0 atom stereocenters. The minimum atomic E-state index is -0.0590. The van der Waals surface area contributed by atoms with Crippen molar-refractivity contribution < 1.29 is 9.53 Å².